The second kappa shape index (κ2) is 6.10. The van der Waals surface area contributed by atoms with Gasteiger partial charge in [-0.25, -0.2) is 0 Å². The van der Waals surface area contributed by atoms with E-state index in [9.17, 15) is 13.2 Å². The molecule has 0 aromatic heterocycles. The topological polar surface area (TPSA) is 97.5 Å². The molecular weight excluding hydrogens is 206 g/mol. The maximum atomic E-state index is 11.3. The average molecular weight is 223 g/mol. The summed E-state index contributed by atoms with van der Waals surface area (Å²) in [6.07, 6.45) is 2.62. The van der Waals surface area contributed by atoms with Crippen molar-refractivity contribution in [1.29, 1.82) is 0 Å². The summed E-state index contributed by atoms with van der Waals surface area (Å²) in [6, 6.07) is 0. The van der Waals surface area contributed by atoms with Crippen molar-refractivity contribution in [3.8, 4) is 0 Å². The van der Waals surface area contributed by atoms with Gasteiger partial charge in [-0.15, -0.1) is 0 Å². The molecule has 0 aliphatic heterocycles. The standard InChI is InChI=1S/C8H17NO4S/c1-2-3-4-5-7(10)8(6-9)14(11,12)13/h8H,2-6,9H2,1H3,(H,11,12,13). The van der Waals surface area contributed by atoms with Crippen LogP contribution in [-0.4, -0.2) is 30.5 Å². The molecule has 3 N–H and O–H groups in total. The van der Waals surface area contributed by atoms with E-state index in [2.05, 4.69) is 0 Å². The van der Waals surface area contributed by atoms with Crippen LogP contribution in [0.2, 0.25) is 0 Å². The van der Waals surface area contributed by atoms with Gasteiger partial charge in [0.05, 0.1) is 0 Å². The summed E-state index contributed by atoms with van der Waals surface area (Å²) in [6.45, 7) is 1.62. The van der Waals surface area contributed by atoms with Crippen molar-refractivity contribution < 1.29 is 17.8 Å². The van der Waals surface area contributed by atoms with Gasteiger partial charge in [0, 0.05) is 13.0 Å². The molecule has 5 nitrogen and oxygen atoms in total. The van der Waals surface area contributed by atoms with Gasteiger partial charge in [0.15, 0.2) is 11.0 Å². The second-order valence-electron chi connectivity index (χ2n) is 3.16. The lowest BCUT2D eigenvalue weighted by Gasteiger charge is -2.09. The molecule has 0 aromatic carbocycles. The molecule has 0 aromatic rings. The summed E-state index contributed by atoms with van der Waals surface area (Å²) >= 11 is 0. The van der Waals surface area contributed by atoms with Gasteiger partial charge in [0.1, 0.15) is 0 Å². The predicted octanol–water partition coefficient (Wildman–Crippen LogP) is 0.351. The van der Waals surface area contributed by atoms with E-state index in [1.165, 1.54) is 0 Å². The molecule has 84 valence electrons. The Morgan fingerprint density at radius 1 is 1.43 bits per heavy atom. The molecule has 0 saturated heterocycles. The van der Waals surface area contributed by atoms with Crippen LogP contribution in [0.5, 0.6) is 0 Å². The van der Waals surface area contributed by atoms with Gasteiger partial charge in [0.25, 0.3) is 10.1 Å². The molecule has 1 atom stereocenters. The van der Waals surface area contributed by atoms with Crippen molar-refractivity contribution in [3.63, 3.8) is 0 Å². The van der Waals surface area contributed by atoms with Crippen molar-refractivity contribution in [3.05, 3.63) is 0 Å². The van der Waals surface area contributed by atoms with Crippen LogP contribution in [-0.2, 0) is 14.9 Å². The lowest BCUT2D eigenvalue weighted by atomic mass is 10.1. The van der Waals surface area contributed by atoms with E-state index in [1.807, 2.05) is 6.92 Å². The SMILES string of the molecule is CCCCCC(=O)C(CN)S(=O)(=O)O. The van der Waals surface area contributed by atoms with Crippen LogP contribution in [0.15, 0.2) is 0 Å². The Balaban J connectivity index is 4.20. The van der Waals surface area contributed by atoms with E-state index < -0.39 is 21.2 Å². The third-order valence-electron chi connectivity index (χ3n) is 1.96. The molecule has 0 fully saturated rings. The molecule has 1 unspecified atom stereocenters. The van der Waals surface area contributed by atoms with Gasteiger partial charge in [-0.05, 0) is 6.42 Å². The van der Waals surface area contributed by atoms with Crippen LogP contribution >= 0.6 is 0 Å². The number of ketones is 1. The molecule has 0 radical (unpaired) electrons. The zero-order valence-corrected chi connectivity index (χ0v) is 9.09. The molecule has 0 amide bonds. The summed E-state index contributed by atoms with van der Waals surface area (Å²) < 4.78 is 30.1. The molecule has 0 heterocycles. The lowest BCUT2D eigenvalue weighted by Crippen LogP contribution is -2.36. The molecule has 0 spiro atoms. The Kier molecular flexibility index (Phi) is 5.90. The van der Waals surface area contributed by atoms with E-state index in [-0.39, 0.29) is 13.0 Å². The summed E-state index contributed by atoms with van der Waals surface area (Å²) in [5, 5.41) is -1.45. The number of hydrogen-bond donors (Lipinski definition) is 2. The van der Waals surface area contributed by atoms with E-state index in [0.717, 1.165) is 12.8 Å². The largest absolute Gasteiger partial charge is 0.329 e. The maximum Gasteiger partial charge on any atom is 0.276 e. The van der Waals surface area contributed by atoms with Crippen molar-refractivity contribution in [2.24, 2.45) is 5.73 Å². The van der Waals surface area contributed by atoms with Crippen LogP contribution in [0.25, 0.3) is 0 Å². The van der Waals surface area contributed by atoms with E-state index in [4.69, 9.17) is 10.3 Å². The summed E-state index contributed by atoms with van der Waals surface area (Å²) in [5.41, 5.74) is 5.10. The van der Waals surface area contributed by atoms with Gasteiger partial charge in [-0.3, -0.25) is 9.35 Å². The molecule has 0 aliphatic rings. The van der Waals surface area contributed by atoms with Crippen LogP contribution in [0, 0.1) is 0 Å². The van der Waals surface area contributed by atoms with Crippen LogP contribution in [0.1, 0.15) is 32.6 Å². The zero-order chi connectivity index (χ0) is 11.2. The smallest absolute Gasteiger partial charge is 0.276 e. The highest BCUT2D eigenvalue weighted by molar-refractivity contribution is 7.87. The van der Waals surface area contributed by atoms with Crippen molar-refractivity contribution in [2.45, 2.75) is 37.9 Å². The number of carbonyl (C=O) groups is 1. The van der Waals surface area contributed by atoms with Gasteiger partial charge in [-0.1, -0.05) is 19.8 Å². The van der Waals surface area contributed by atoms with Crippen molar-refractivity contribution in [1.82, 2.24) is 0 Å². The van der Waals surface area contributed by atoms with Gasteiger partial charge in [0.2, 0.25) is 0 Å². The minimum Gasteiger partial charge on any atom is -0.329 e. The van der Waals surface area contributed by atoms with Crippen molar-refractivity contribution >= 4 is 15.9 Å². The highest BCUT2D eigenvalue weighted by atomic mass is 32.2. The van der Waals surface area contributed by atoms with E-state index >= 15 is 0 Å². The van der Waals surface area contributed by atoms with Crippen LogP contribution in [0.4, 0.5) is 0 Å². The van der Waals surface area contributed by atoms with E-state index in [1.54, 1.807) is 0 Å². The van der Waals surface area contributed by atoms with E-state index in [0.29, 0.717) is 6.42 Å². The second-order valence-corrected chi connectivity index (χ2v) is 4.76. The van der Waals surface area contributed by atoms with Gasteiger partial charge in [-0.2, -0.15) is 8.42 Å². The first-order chi connectivity index (χ1) is 6.43. The van der Waals surface area contributed by atoms with Crippen molar-refractivity contribution in [2.75, 3.05) is 6.54 Å². The fourth-order valence-electron chi connectivity index (χ4n) is 1.13. The molecule has 14 heavy (non-hydrogen) atoms. The Morgan fingerprint density at radius 2 is 2.00 bits per heavy atom. The summed E-state index contributed by atoms with van der Waals surface area (Å²) in [4.78, 5) is 11.3. The average Bonchev–Trinajstić information content (AvgIpc) is 2.03. The number of rotatable bonds is 7. The number of hydrogen-bond acceptors (Lipinski definition) is 4. The highest BCUT2D eigenvalue weighted by Crippen LogP contribution is 2.06. The van der Waals surface area contributed by atoms with Gasteiger partial charge < -0.3 is 5.73 Å². The maximum absolute atomic E-state index is 11.3. The quantitative estimate of drug-likeness (QED) is 0.479. The first-order valence-corrected chi connectivity index (χ1v) is 6.12. The first kappa shape index (κ1) is 13.5. The van der Waals surface area contributed by atoms with Crippen LogP contribution in [0.3, 0.4) is 0 Å². The highest BCUT2D eigenvalue weighted by Gasteiger charge is 2.28. The zero-order valence-electron chi connectivity index (χ0n) is 8.27. The third kappa shape index (κ3) is 4.69. The molecule has 0 saturated carbocycles. The molecule has 0 aliphatic carbocycles. The number of unbranched alkanes of at least 4 members (excludes halogenated alkanes) is 2. The molecule has 6 heteroatoms. The minimum atomic E-state index is -4.33. The summed E-state index contributed by atoms with van der Waals surface area (Å²) in [5.74, 6) is -0.497. The number of carbonyl (C=O) groups excluding carboxylic acids is 1. The minimum absolute atomic E-state index is 0.162. The molecular formula is C8H17NO4S. The fraction of sp³-hybridized carbons (Fsp3) is 0.875. The normalized spacial score (nSPS) is 13.9. The molecule has 0 bridgehead atoms. The predicted molar refractivity (Wildman–Crippen MR) is 53.5 cm³/mol. The Hall–Kier alpha value is -0.460. The van der Waals surface area contributed by atoms with Crippen LogP contribution < -0.4 is 5.73 Å². The third-order valence-corrected chi connectivity index (χ3v) is 3.13. The number of nitrogens with two attached hydrogens (primary N) is 1. The first-order valence-electron chi connectivity index (χ1n) is 4.62. The Labute approximate surface area is 84.4 Å². The molecule has 0 rings (SSSR count). The fourth-order valence-corrected chi connectivity index (χ4v) is 1.82. The number of Topliss-reactive ketones (excluding diaryl/α,β-unsaturated/α-hetero) is 1. The Bertz CT molecular complexity index is 273. The monoisotopic (exact) mass is 223 g/mol. The lowest BCUT2D eigenvalue weighted by molar-refractivity contribution is -0.118. The van der Waals surface area contributed by atoms with Gasteiger partial charge >= 0.3 is 0 Å². The summed E-state index contributed by atoms with van der Waals surface area (Å²) in [7, 11) is -4.33. The Morgan fingerprint density at radius 3 is 2.36 bits per heavy atom.